The van der Waals surface area contributed by atoms with Gasteiger partial charge in [-0.3, -0.25) is 0 Å². The monoisotopic (exact) mass is 624 g/mol. The van der Waals surface area contributed by atoms with Crippen molar-refractivity contribution in [3.05, 3.63) is 59.9 Å². The molecule has 3 aromatic heterocycles. The first kappa shape index (κ1) is 33.0. The second kappa shape index (κ2) is 14.8. The van der Waals surface area contributed by atoms with Crippen LogP contribution in [0.2, 0.25) is 0 Å². The lowest BCUT2D eigenvalue weighted by Gasteiger charge is -2.19. The number of rotatable bonds is 15. The molecule has 0 aliphatic rings. The van der Waals surface area contributed by atoms with E-state index in [1.54, 1.807) is 0 Å². The third-order valence-electron chi connectivity index (χ3n) is 7.72. The van der Waals surface area contributed by atoms with Crippen LogP contribution in [0.15, 0.2) is 48.5 Å². The molecule has 0 fully saturated rings. The molecule has 0 saturated heterocycles. The van der Waals surface area contributed by atoms with Gasteiger partial charge < -0.3 is 25.0 Å². The van der Waals surface area contributed by atoms with Gasteiger partial charge in [0.05, 0.1) is 0 Å². The number of tetrazole rings is 1. The van der Waals surface area contributed by atoms with Crippen LogP contribution in [0.1, 0.15) is 45.0 Å². The van der Waals surface area contributed by atoms with Gasteiger partial charge in [0.15, 0.2) is 17.5 Å². The van der Waals surface area contributed by atoms with E-state index in [4.69, 9.17) is 10.1 Å². The van der Waals surface area contributed by atoms with E-state index in [-0.39, 0.29) is 5.41 Å². The Kier molecular flexibility index (Phi) is 10.6. The number of fused-ring (bicyclic) bond motifs is 1. The lowest BCUT2D eigenvalue weighted by Crippen LogP contribution is -2.18. The van der Waals surface area contributed by atoms with Crippen LogP contribution < -0.4 is 10.6 Å². The number of H-pyrrole nitrogens is 1. The summed E-state index contributed by atoms with van der Waals surface area (Å²) >= 11 is 0. The average molecular weight is 625 g/mol. The summed E-state index contributed by atoms with van der Waals surface area (Å²) in [5.41, 5.74) is 6.19. The zero-order valence-electron chi connectivity index (χ0n) is 28.3. The number of hydrogen-bond donors (Lipinski definition) is 3. The molecule has 0 radical (unpaired) electrons. The minimum absolute atomic E-state index is 0.0434. The van der Waals surface area contributed by atoms with E-state index < -0.39 is 0 Å². The molecule has 0 bridgehead atoms. The lowest BCUT2D eigenvalue weighted by molar-refractivity contribution is 0.394. The van der Waals surface area contributed by atoms with E-state index in [1.807, 2.05) is 18.2 Å². The molecule has 0 atom stereocenters. The Hall–Kier alpha value is -4.42. The molecule has 0 aliphatic carbocycles. The minimum Gasteiger partial charge on any atom is -0.367 e. The van der Waals surface area contributed by atoms with Gasteiger partial charge >= 0.3 is 0 Å². The largest absolute Gasteiger partial charge is 0.367 e. The zero-order valence-corrected chi connectivity index (χ0v) is 28.3. The normalized spacial score (nSPS) is 12.0. The van der Waals surface area contributed by atoms with Gasteiger partial charge in [-0.1, -0.05) is 69.3 Å². The van der Waals surface area contributed by atoms with Gasteiger partial charge in [0.25, 0.3) is 0 Å². The Morgan fingerprint density at radius 2 is 1.41 bits per heavy atom. The van der Waals surface area contributed by atoms with Crippen molar-refractivity contribution in [1.82, 2.24) is 50.2 Å². The van der Waals surface area contributed by atoms with Crippen LogP contribution in [0.3, 0.4) is 0 Å². The van der Waals surface area contributed by atoms with Crippen molar-refractivity contribution in [2.24, 2.45) is 5.41 Å². The molecule has 244 valence electrons. The molecular formula is C34H48N12. The minimum atomic E-state index is 0.0434. The maximum absolute atomic E-state index is 5.25. The second-order valence-electron chi connectivity index (χ2n) is 13.6. The molecule has 5 aromatic rings. The van der Waals surface area contributed by atoms with Crippen molar-refractivity contribution < 1.29 is 0 Å². The molecular weight excluding hydrogens is 576 g/mol. The number of aromatic nitrogens is 8. The van der Waals surface area contributed by atoms with Crippen molar-refractivity contribution in [3.63, 3.8) is 0 Å². The fourth-order valence-corrected chi connectivity index (χ4v) is 5.51. The predicted octanol–water partition coefficient (Wildman–Crippen LogP) is 5.04. The fourth-order valence-electron chi connectivity index (χ4n) is 5.51. The van der Waals surface area contributed by atoms with Crippen molar-refractivity contribution >= 4 is 22.7 Å². The highest BCUT2D eigenvalue weighted by Gasteiger charge is 2.23. The molecule has 2 aromatic carbocycles. The van der Waals surface area contributed by atoms with Crippen LogP contribution in [-0.2, 0) is 13.0 Å². The number of anilines is 2. The summed E-state index contributed by atoms with van der Waals surface area (Å²) in [5, 5.41) is 31.0. The van der Waals surface area contributed by atoms with Crippen LogP contribution in [0, 0.1) is 5.41 Å². The van der Waals surface area contributed by atoms with Crippen molar-refractivity contribution in [2.45, 2.75) is 46.6 Å². The standard InChI is InChI=1S/C34H48N12/c1-34(2,3)22-28-37-29-30(33(36-19-11-21-45(6)7)39-38-32(29)35-18-10-20-44(4)5)46(28)23-24-14-16-25(17-15-24)26-12-8-9-13-27(26)31-40-42-43-41-31/h8-9,12-17H,10-11,18-23H2,1-7H3,(H,35,38)(H,36,39)(H,40,41,42,43). The Morgan fingerprint density at radius 3 is 2.02 bits per heavy atom. The van der Waals surface area contributed by atoms with Crippen LogP contribution in [0.25, 0.3) is 33.5 Å². The highest BCUT2D eigenvalue weighted by molar-refractivity contribution is 5.94. The van der Waals surface area contributed by atoms with Crippen LogP contribution >= 0.6 is 0 Å². The molecule has 0 spiro atoms. The van der Waals surface area contributed by atoms with Crippen LogP contribution in [0.4, 0.5) is 11.6 Å². The molecule has 0 saturated carbocycles. The topological polar surface area (TPSA) is 129 Å². The third kappa shape index (κ3) is 8.43. The van der Waals surface area contributed by atoms with Gasteiger partial charge in [0, 0.05) is 31.6 Å². The Labute approximate surface area is 272 Å². The maximum Gasteiger partial charge on any atom is 0.180 e. The van der Waals surface area contributed by atoms with Crippen LogP contribution in [-0.4, -0.2) is 105 Å². The summed E-state index contributed by atoms with van der Waals surface area (Å²) in [6, 6.07) is 16.9. The van der Waals surface area contributed by atoms with E-state index in [2.05, 4.69) is 130 Å². The molecule has 46 heavy (non-hydrogen) atoms. The maximum atomic E-state index is 5.25. The molecule has 3 heterocycles. The molecule has 12 heteroatoms. The van der Waals surface area contributed by atoms with E-state index in [0.29, 0.717) is 12.4 Å². The van der Waals surface area contributed by atoms with Gasteiger partial charge in [-0.2, -0.15) is 0 Å². The summed E-state index contributed by atoms with van der Waals surface area (Å²) in [4.78, 5) is 9.63. The highest BCUT2D eigenvalue weighted by Crippen LogP contribution is 2.33. The summed E-state index contributed by atoms with van der Waals surface area (Å²) in [7, 11) is 8.37. The third-order valence-corrected chi connectivity index (χ3v) is 7.72. The number of nitrogens with zero attached hydrogens (tertiary/aromatic N) is 9. The number of imidazole rings is 1. The fraction of sp³-hybridized carbons (Fsp3) is 0.471. The smallest absolute Gasteiger partial charge is 0.180 e. The van der Waals surface area contributed by atoms with Crippen LogP contribution in [0.5, 0.6) is 0 Å². The summed E-state index contributed by atoms with van der Waals surface area (Å²) in [6.07, 6.45) is 2.81. The highest BCUT2D eigenvalue weighted by atomic mass is 15.5. The van der Waals surface area contributed by atoms with Gasteiger partial charge in [0.1, 0.15) is 16.9 Å². The van der Waals surface area contributed by atoms with Gasteiger partial charge in [-0.25, -0.2) is 10.1 Å². The molecule has 0 aliphatic heterocycles. The van der Waals surface area contributed by atoms with E-state index >= 15 is 0 Å². The number of aromatic amines is 1. The Bertz CT molecular complexity index is 1680. The summed E-state index contributed by atoms with van der Waals surface area (Å²) < 4.78 is 2.33. The van der Waals surface area contributed by atoms with Crippen molar-refractivity contribution in [2.75, 3.05) is 65.0 Å². The summed E-state index contributed by atoms with van der Waals surface area (Å²) in [5.74, 6) is 3.17. The van der Waals surface area contributed by atoms with E-state index in [9.17, 15) is 0 Å². The zero-order chi connectivity index (χ0) is 32.7. The van der Waals surface area contributed by atoms with E-state index in [1.165, 1.54) is 5.56 Å². The molecule has 0 amide bonds. The first-order chi connectivity index (χ1) is 22.1. The molecule has 12 nitrogen and oxygen atoms in total. The number of hydrogen-bond acceptors (Lipinski definition) is 10. The Morgan fingerprint density at radius 1 is 0.783 bits per heavy atom. The molecule has 3 N–H and O–H groups in total. The lowest BCUT2D eigenvalue weighted by atomic mass is 9.92. The second-order valence-corrected chi connectivity index (χ2v) is 13.6. The van der Waals surface area contributed by atoms with Crippen molar-refractivity contribution in [1.29, 1.82) is 0 Å². The van der Waals surface area contributed by atoms with Gasteiger partial charge in [-0.05, 0) is 86.7 Å². The van der Waals surface area contributed by atoms with E-state index in [0.717, 1.165) is 90.6 Å². The summed E-state index contributed by atoms with van der Waals surface area (Å²) in [6.45, 7) is 11.0. The quantitative estimate of drug-likeness (QED) is 0.136. The SMILES string of the molecule is CN(C)CCCNc1nnc(NCCCN(C)C)c2c1nc(CC(C)(C)C)n2Cc1ccc(-c2ccccc2-c2nnn[nH]2)cc1. The van der Waals surface area contributed by atoms with Gasteiger partial charge in [0.2, 0.25) is 0 Å². The first-order valence-corrected chi connectivity index (χ1v) is 16.0. The average Bonchev–Trinajstić information content (AvgIpc) is 3.67. The predicted molar refractivity (Wildman–Crippen MR) is 186 cm³/mol. The first-order valence-electron chi connectivity index (χ1n) is 16.0. The number of benzene rings is 2. The molecule has 0 unspecified atom stereocenters. The Balaban J connectivity index is 1.51. The van der Waals surface area contributed by atoms with Crippen molar-refractivity contribution in [3.8, 4) is 22.5 Å². The molecule has 5 rings (SSSR count). The number of nitrogens with one attached hydrogen (secondary N) is 3. The van der Waals surface area contributed by atoms with Gasteiger partial charge in [-0.15, -0.1) is 15.3 Å².